The number of anilines is 1. The molecule has 8 nitrogen and oxygen atoms in total. The molecule has 0 fully saturated rings. The molecule has 0 spiro atoms. The van der Waals surface area contributed by atoms with Crippen molar-refractivity contribution < 1.29 is 23.5 Å². The van der Waals surface area contributed by atoms with Crippen molar-refractivity contribution >= 4 is 29.6 Å². The van der Waals surface area contributed by atoms with Gasteiger partial charge in [0.25, 0.3) is 5.91 Å². The lowest BCUT2D eigenvalue weighted by Crippen LogP contribution is -2.37. The van der Waals surface area contributed by atoms with E-state index in [0.717, 1.165) is 5.56 Å². The van der Waals surface area contributed by atoms with Crippen molar-refractivity contribution in [3.05, 3.63) is 95.3 Å². The van der Waals surface area contributed by atoms with Crippen LogP contribution in [0.1, 0.15) is 36.5 Å². The molecule has 0 radical (unpaired) electrons. The van der Waals surface area contributed by atoms with Crippen molar-refractivity contribution in [2.75, 3.05) is 11.9 Å². The van der Waals surface area contributed by atoms with E-state index in [4.69, 9.17) is 4.74 Å². The maximum atomic E-state index is 12.9. The smallest absolute Gasteiger partial charge is 0.329 e. The van der Waals surface area contributed by atoms with Gasteiger partial charge in [-0.2, -0.15) is 5.10 Å². The van der Waals surface area contributed by atoms with Gasteiger partial charge in [-0.05, 0) is 59.0 Å². The van der Waals surface area contributed by atoms with Gasteiger partial charge in [0.15, 0.2) is 6.61 Å². The number of benzene rings is 3. The minimum Gasteiger partial charge on any atom is -0.484 e. The van der Waals surface area contributed by atoms with Crippen LogP contribution in [0.4, 0.5) is 10.1 Å². The number of nitrogens with zero attached hydrogens (tertiary/aromatic N) is 1. The largest absolute Gasteiger partial charge is 0.484 e. The SMILES string of the molecule is CC(C)c1ccc(CNC(=O)C(=O)N/N=C\c2cccc(OCC(=O)Nc3ccc(F)cc3)c2)cc1. The number of hydrazone groups is 1. The Kier molecular flexibility index (Phi) is 9.27. The number of nitrogens with one attached hydrogen (secondary N) is 3. The fourth-order valence-electron chi connectivity index (χ4n) is 3.06. The maximum Gasteiger partial charge on any atom is 0.329 e. The summed E-state index contributed by atoms with van der Waals surface area (Å²) in [5.41, 5.74) is 5.29. The summed E-state index contributed by atoms with van der Waals surface area (Å²) >= 11 is 0. The summed E-state index contributed by atoms with van der Waals surface area (Å²) in [4.78, 5) is 36.0. The average molecular weight is 491 g/mol. The zero-order valence-electron chi connectivity index (χ0n) is 20.0. The van der Waals surface area contributed by atoms with Crippen LogP contribution in [-0.4, -0.2) is 30.5 Å². The minimum absolute atomic E-state index is 0.225. The highest BCUT2D eigenvalue weighted by Crippen LogP contribution is 2.15. The highest BCUT2D eigenvalue weighted by Gasteiger charge is 2.12. The molecule has 3 amide bonds. The fourth-order valence-corrected chi connectivity index (χ4v) is 3.06. The zero-order chi connectivity index (χ0) is 25.9. The van der Waals surface area contributed by atoms with E-state index in [9.17, 15) is 18.8 Å². The summed E-state index contributed by atoms with van der Waals surface area (Å²) in [5, 5.41) is 8.94. The number of amides is 3. The quantitative estimate of drug-likeness (QED) is 0.241. The Labute approximate surface area is 208 Å². The predicted molar refractivity (Wildman–Crippen MR) is 135 cm³/mol. The average Bonchev–Trinajstić information content (AvgIpc) is 2.88. The molecule has 9 heteroatoms. The molecule has 0 saturated heterocycles. The topological polar surface area (TPSA) is 109 Å². The second-order valence-corrected chi connectivity index (χ2v) is 8.19. The van der Waals surface area contributed by atoms with Crippen molar-refractivity contribution in [2.24, 2.45) is 5.10 Å². The van der Waals surface area contributed by atoms with Gasteiger partial charge in [0.2, 0.25) is 0 Å². The van der Waals surface area contributed by atoms with Gasteiger partial charge in [-0.1, -0.05) is 50.2 Å². The lowest BCUT2D eigenvalue weighted by Gasteiger charge is -2.08. The first-order valence-corrected chi connectivity index (χ1v) is 11.3. The Hall–Kier alpha value is -4.53. The number of hydrogen-bond donors (Lipinski definition) is 3. The van der Waals surface area contributed by atoms with Crippen molar-refractivity contribution in [1.29, 1.82) is 0 Å². The monoisotopic (exact) mass is 490 g/mol. The molecule has 3 N–H and O–H groups in total. The van der Waals surface area contributed by atoms with Crippen molar-refractivity contribution in [2.45, 2.75) is 26.3 Å². The van der Waals surface area contributed by atoms with Gasteiger partial charge >= 0.3 is 11.8 Å². The minimum atomic E-state index is -0.894. The molecular formula is C27H27FN4O4. The predicted octanol–water partition coefficient (Wildman–Crippen LogP) is 3.73. The van der Waals surface area contributed by atoms with E-state index in [1.807, 2.05) is 24.3 Å². The van der Waals surface area contributed by atoms with Crippen LogP contribution in [0.3, 0.4) is 0 Å². The maximum absolute atomic E-state index is 12.9. The summed E-state index contributed by atoms with van der Waals surface area (Å²) < 4.78 is 18.4. The Balaban J connectivity index is 1.43. The molecule has 36 heavy (non-hydrogen) atoms. The lowest BCUT2D eigenvalue weighted by molar-refractivity contribution is -0.139. The molecule has 3 aromatic carbocycles. The first-order chi connectivity index (χ1) is 17.3. The van der Waals surface area contributed by atoms with E-state index in [1.165, 1.54) is 36.0 Å². The second-order valence-electron chi connectivity index (χ2n) is 8.19. The van der Waals surface area contributed by atoms with Crippen LogP contribution >= 0.6 is 0 Å². The molecule has 0 heterocycles. The van der Waals surface area contributed by atoms with E-state index in [1.54, 1.807) is 24.3 Å². The Morgan fingerprint density at radius 2 is 1.69 bits per heavy atom. The zero-order valence-corrected chi connectivity index (χ0v) is 20.0. The third kappa shape index (κ3) is 8.35. The van der Waals surface area contributed by atoms with E-state index in [0.29, 0.717) is 22.9 Å². The van der Waals surface area contributed by atoms with Crippen LogP contribution in [0.2, 0.25) is 0 Å². The van der Waals surface area contributed by atoms with Gasteiger partial charge in [0.1, 0.15) is 11.6 Å². The number of halogens is 1. The molecule has 0 aliphatic rings. The first-order valence-electron chi connectivity index (χ1n) is 11.3. The molecule has 0 aliphatic heterocycles. The van der Waals surface area contributed by atoms with Crippen molar-refractivity contribution in [3.8, 4) is 5.75 Å². The molecule has 186 valence electrons. The third-order valence-electron chi connectivity index (χ3n) is 5.04. The van der Waals surface area contributed by atoms with Gasteiger partial charge < -0.3 is 15.4 Å². The van der Waals surface area contributed by atoms with Crippen LogP contribution in [0.15, 0.2) is 77.9 Å². The summed E-state index contributed by atoms with van der Waals surface area (Å²) in [5.74, 6) is -1.68. The van der Waals surface area contributed by atoms with E-state index in [2.05, 4.69) is 35.0 Å². The molecule has 0 bridgehead atoms. The molecule has 0 unspecified atom stereocenters. The second kappa shape index (κ2) is 12.8. The van der Waals surface area contributed by atoms with E-state index in [-0.39, 0.29) is 13.2 Å². The van der Waals surface area contributed by atoms with Crippen LogP contribution in [-0.2, 0) is 20.9 Å². The Morgan fingerprint density at radius 1 is 0.972 bits per heavy atom. The molecule has 0 aliphatic carbocycles. The standard InChI is InChI=1S/C27H27FN4O4/c1-18(2)21-8-6-19(7-9-21)15-29-26(34)27(35)32-30-16-20-4-3-5-24(14-20)36-17-25(33)31-23-12-10-22(28)11-13-23/h3-14,16,18H,15,17H2,1-2H3,(H,29,34)(H,31,33)(H,32,35)/b30-16-. The molecule has 0 saturated carbocycles. The highest BCUT2D eigenvalue weighted by atomic mass is 19.1. The number of ether oxygens (including phenoxy) is 1. The third-order valence-corrected chi connectivity index (χ3v) is 5.04. The van der Waals surface area contributed by atoms with Gasteiger partial charge in [0.05, 0.1) is 6.21 Å². The van der Waals surface area contributed by atoms with Crippen LogP contribution in [0.25, 0.3) is 0 Å². The van der Waals surface area contributed by atoms with Crippen LogP contribution in [0.5, 0.6) is 5.75 Å². The van der Waals surface area contributed by atoms with Crippen LogP contribution in [0, 0.1) is 5.82 Å². The van der Waals surface area contributed by atoms with Gasteiger partial charge in [-0.25, -0.2) is 9.82 Å². The van der Waals surface area contributed by atoms with Gasteiger partial charge in [-0.3, -0.25) is 14.4 Å². The molecule has 0 aromatic heterocycles. The van der Waals surface area contributed by atoms with Gasteiger partial charge in [0, 0.05) is 12.2 Å². The molecule has 0 atom stereocenters. The number of rotatable bonds is 9. The van der Waals surface area contributed by atoms with Gasteiger partial charge in [-0.15, -0.1) is 0 Å². The normalized spacial score (nSPS) is 10.8. The summed E-state index contributed by atoms with van der Waals surface area (Å²) in [6.45, 7) is 4.17. The fraction of sp³-hybridized carbons (Fsp3) is 0.185. The summed E-state index contributed by atoms with van der Waals surface area (Å²) in [7, 11) is 0. The lowest BCUT2D eigenvalue weighted by atomic mass is 10.0. The first kappa shape index (κ1) is 26.1. The van der Waals surface area contributed by atoms with Crippen LogP contribution < -0.4 is 20.8 Å². The Morgan fingerprint density at radius 3 is 2.39 bits per heavy atom. The number of carbonyl (C=O) groups excluding carboxylic acids is 3. The van der Waals surface area contributed by atoms with Crippen molar-refractivity contribution in [3.63, 3.8) is 0 Å². The number of hydrogen-bond acceptors (Lipinski definition) is 5. The van der Waals surface area contributed by atoms with E-state index >= 15 is 0 Å². The summed E-state index contributed by atoms with van der Waals surface area (Å²) in [6, 6.07) is 19.9. The summed E-state index contributed by atoms with van der Waals surface area (Å²) in [6.07, 6.45) is 1.35. The number of carbonyl (C=O) groups is 3. The highest BCUT2D eigenvalue weighted by molar-refractivity contribution is 6.35. The molecule has 3 aromatic rings. The van der Waals surface area contributed by atoms with E-state index < -0.39 is 23.5 Å². The Bertz CT molecular complexity index is 1230. The van der Waals surface area contributed by atoms with Crippen molar-refractivity contribution in [1.82, 2.24) is 10.7 Å². The molecular weight excluding hydrogens is 463 g/mol. The molecule has 3 rings (SSSR count).